The van der Waals surface area contributed by atoms with E-state index in [1.165, 1.54) is 12.5 Å². The Bertz CT molecular complexity index is 770. The van der Waals surface area contributed by atoms with Crippen molar-refractivity contribution in [2.45, 2.75) is 12.5 Å². The number of hydrogen-bond donors (Lipinski definition) is 3. The van der Waals surface area contributed by atoms with Crippen LogP contribution in [0.3, 0.4) is 0 Å². The zero-order valence-corrected chi connectivity index (χ0v) is 12.0. The Kier molecular flexibility index (Phi) is 3.64. The Labute approximate surface area is 130 Å². The van der Waals surface area contributed by atoms with Crippen molar-refractivity contribution >= 4 is 34.9 Å². The summed E-state index contributed by atoms with van der Waals surface area (Å²) in [5.74, 6) is -1.56. The van der Waals surface area contributed by atoms with Crippen molar-refractivity contribution in [3.63, 3.8) is 0 Å². The van der Waals surface area contributed by atoms with E-state index in [1.807, 2.05) is 0 Å². The summed E-state index contributed by atoms with van der Waals surface area (Å²) in [4.78, 5) is 34.2. The molecule has 3 N–H and O–H groups in total. The second-order valence-corrected chi connectivity index (χ2v) is 5.19. The quantitative estimate of drug-likeness (QED) is 0.794. The van der Waals surface area contributed by atoms with Crippen LogP contribution in [0.15, 0.2) is 35.7 Å². The lowest BCUT2D eigenvalue weighted by atomic mass is 10.1. The fraction of sp³-hybridized carbons (Fsp3) is 0.143. The molecule has 22 heavy (non-hydrogen) atoms. The molecule has 1 aliphatic heterocycles. The molecule has 1 aliphatic rings. The number of imidazole rings is 1. The minimum Gasteiger partial charge on any atom is -0.480 e. The van der Waals surface area contributed by atoms with E-state index in [0.717, 1.165) is 0 Å². The number of aromatic amines is 1. The number of halogens is 1. The van der Waals surface area contributed by atoms with Crippen LogP contribution in [-0.4, -0.2) is 38.7 Å². The van der Waals surface area contributed by atoms with Crippen molar-refractivity contribution in [1.82, 2.24) is 9.97 Å². The molecular weight excluding hydrogens is 308 g/mol. The average molecular weight is 319 g/mol. The number of anilines is 1. The van der Waals surface area contributed by atoms with Gasteiger partial charge in [-0.3, -0.25) is 9.79 Å². The van der Waals surface area contributed by atoms with Crippen molar-refractivity contribution in [1.29, 1.82) is 0 Å². The molecule has 1 aromatic heterocycles. The summed E-state index contributed by atoms with van der Waals surface area (Å²) >= 11 is 5.93. The summed E-state index contributed by atoms with van der Waals surface area (Å²) in [6.07, 6.45) is 3.09. The van der Waals surface area contributed by atoms with Gasteiger partial charge in [0.05, 0.1) is 12.0 Å². The highest BCUT2D eigenvalue weighted by atomic mass is 35.5. The summed E-state index contributed by atoms with van der Waals surface area (Å²) in [5.41, 5.74) is 1.78. The van der Waals surface area contributed by atoms with E-state index in [1.54, 1.807) is 18.2 Å². The molecule has 1 amide bonds. The highest BCUT2D eigenvalue weighted by molar-refractivity contribution is 6.54. The number of rotatable bonds is 4. The lowest BCUT2D eigenvalue weighted by molar-refractivity contribution is -0.138. The fourth-order valence-corrected chi connectivity index (χ4v) is 2.37. The van der Waals surface area contributed by atoms with Gasteiger partial charge in [0.15, 0.2) is 6.04 Å². The lowest BCUT2D eigenvalue weighted by Crippen LogP contribution is -2.25. The summed E-state index contributed by atoms with van der Waals surface area (Å²) in [6.45, 7) is 0. The SMILES string of the molecule is O=C1Nc2ccc(Cl)cc2C1=N[C@@H](Cc1cnc[nH]1)C(=O)O. The molecule has 0 saturated heterocycles. The maximum absolute atomic E-state index is 12.0. The minimum atomic E-state index is -1.12. The molecule has 2 heterocycles. The van der Waals surface area contributed by atoms with E-state index in [2.05, 4.69) is 20.3 Å². The largest absolute Gasteiger partial charge is 0.480 e. The van der Waals surface area contributed by atoms with Crippen LogP contribution in [0.5, 0.6) is 0 Å². The van der Waals surface area contributed by atoms with Crippen molar-refractivity contribution in [3.05, 3.63) is 47.0 Å². The Balaban J connectivity index is 1.97. The van der Waals surface area contributed by atoms with Crippen LogP contribution >= 0.6 is 11.6 Å². The highest BCUT2D eigenvalue weighted by Crippen LogP contribution is 2.27. The number of hydrogen-bond acceptors (Lipinski definition) is 4. The van der Waals surface area contributed by atoms with Crippen LogP contribution in [0.1, 0.15) is 11.3 Å². The Hall–Kier alpha value is -2.67. The van der Waals surface area contributed by atoms with Crippen LogP contribution in [0.2, 0.25) is 5.02 Å². The predicted molar refractivity (Wildman–Crippen MR) is 80.3 cm³/mol. The number of carbonyl (C=O) groups excluding carboxylic acids is 1. The van der Waals surface area contributed by atoms with Gasteiger partial charge in [0.2, 0.25) is 0 Å². The molecule has 0 saturated carbocycles. The van der Waals surface area contributed by atoms with Gasteiger partial charge in [-0.15, -0.1) is 0 Å². The number of aliphatic imine (C=N–C) groups is 1. The van der Waals surface area contributed by atoms with Gasteiger partial charge < -0.3 is 15.4 Å². The van der Waals surface area contributed by atoms with Gasteiger partial charge in [0, 0.05) is 28.9 Å². The second-order valence-electron chi connectivity index (χ2n) is 4.76. The zero-order valence-electron chi connectivity index (χ0n) is 11.2. The molecule has 0 radical (unpaired) electrons. The summed E-state index contributed by atoms with van der Waals surface area (Å²) in [5, 5.41) is 12.4. The molecule has 112 valence electrons. The molecular formula is C14H11ClN4O3. The van der Waals surface area contributed by atoms with Crippen molar-refractivity contribution < 1.29 is 14.7 Å². The van der Waals surface area contributed by atoms with E-state index in [9.17, 15) is 14.7 Å². The molecule has 0 aliphatic carbocycles. The Morgan fingerprint density at radius 2 is 2.27 bits per heavy atom. The topological polar surface area (TPSA) is 107 Å². The molecule has 0 bridgehead atoms. The number of nitrogens with zero attached hydrogens (tertiary/aromatic N) is 2. The maximum atomic E-state index is 12.0. The van der Waals surface area contributed by atoms with E-state index >= 15 is 0 Å². The third-order valence-electron chi connectivity index (χ3n) is 3.24. The van der Waals surface area contributed by atoms with Crippen LogP contribution in [-0.2, 0) is 16.0 Å². The summed E-state index contributed by atoms with van der Waals surface area (Å²) < 4.78 is 0. The third kappa shape index (κ3) is 2.71. The first kappa shape index (κ1) is 14.3. The molecule has 3 rings (SSSR count). The number of fused-ring (bicyclic) bond motifs is 1. The monoisotopic (exact) mass is 318 g/mol. The molecule has 8 heteroatoms. The number of aromatic nitrogens is 2. The third-order valence-corrected chi connectivity index (χ3v) is 3.47. The maximum Gasteiger partial charge on any atom is 0.328 e. The molecule has 1 atom stereocenters. The van der Waals surface area contributed by atoms with Crippen molar-refractivity contribution in [3.8, 4) is 0 Å². The number of amides is 1. The predicted octanol–water partition coefficient (Wildman–Crippen LogP) is 1.50. The molecule has 2 aromatic rings. The van der Waals surface area contributed by atoms with Gasteiger partial charge in [-0.25, -0.2) is 9.78 Å². The van der Waals surface area contributed by atoms with Gasteiger partial charge in [0.25, 0.3) is 5.91 Å². The Morgan fingerprint density at radius 3 is 2.95 bits per heavy atom. The van der Waals surface area contributed by atoms with Crippen LogP contribution in [0.4, 0.5) is 5.69 Å². The number of H-pyrrole nitrogens is 1. The first-order valence-electron chi connectivity index (χ1n) is 6.43. The molecule has 7 nitrogen and oxygen atoms in total. The van der Waals surface area contributed by atoms with Gasteiger partial charge in [-0.2, -0.15) is 0 Å². The van der Waals surface area contributed by atoms with Gasteiger partial charge in [0.1, 0.15) is 5.71 Å². The van der Waals surface area contributed by atoms with Gasteiger partial charge in [-0.05, 0) is 18.2 Å². The molecule has 0 unspecified atom stereocenters. The first-order chi connectivity index (χ1) is 10.5. The number of carbonyl (C=O) groups is 2. The number of carboxylic acid groups (broad SMARTS) is 1. The Morgan fingerprint density at radius 1 is 1.45 bits per heavy atom. The van der Waals surface area contributed by atoms with E-state index in [0.29, 0.717) is 22.0 Å². The zero-order chi connectivity index (χ0) is 15.7. The molecule has 1 aromatic carbocycles. The van der Waals surface area contributed by atoms with E-state index < -0.39 is 17.9 Å². The number of benzene rings is 1. The van der Waals surface area contributed by atoms with Gasteiger partial charge in [-0.1, -0.05) is 11.6 Å². The van der Waals surface area contributed by atoms with Crippen LogP contribution in [0, 0.1) is 0 Å². The smallest absolute Gasteiger partial charge is 0.328 e. The van der Waals surface area contributed by atoms with Gasteiger partial charge >= 0.3 is 5.97 Å². The van der Waals surface area contributed by atoms with Crippen LogP contribution in [0.25, 0.3) is 0 Å². The lowest BCUT2D eigenvalue weighted by Gasteiger charge is -2.07. The van der Waals surface area contributed by atoms with Crippen molar-refractivity contribution in [2.75, 3.05) is 5.32 Å². The minimum absolute atomic E-state index is 0.0735. The van der Waals surface area contributed by atoms with E-state index in [4.69, 9.17) is 11.6 Å². The normalized spacial score (nSPS) is 16.4. The number of carboxylic acids is 1. The fourth-order valence-electron chi connectivity index (χ4n) is 2.20. The summed E-state index contributed by atoms with van der Waals surface area (Å²) in [7, 11) is 0. The summed E-state index contributed by atoms with van der Waals surface area (Å²) in [6, 6.07) is 3.79. The molecule has 0 fully saturated rings. The average Bonchev–Trinajstić information content (AvgIpc) is 3.07. The first-order valence-corrected chi connectivity index (χ1v) is 6.81. The standard InChI is InChI=1S/C14H11ClN4O3/c15-7-1-2-10-9(3-7)12(13(20)19-10)18-11(14(21)22)4-8-5-16-6-17-8/h1-3,5-6,11H,4H2,(H,16,17)(H,21,22)(H,18,19,20)/t11-/m0/s1. The molecule has 0 spiro atoms. The number of aliphatic carboxylic acids is 1. The van der Waals surface area contributed by atoms with Crippen LogP contribution < -0.4 is 5.32 Å². The van der Waals surface area contributed by atoms with E-state index in [-0.39, 0.29) is 12.1 Å². The number of nitrogens with one attached hydrogen (secondary N) is 2. The second kappa shape index (κ2) is 5.61. The van der Waals surface area contributed by atoms with Crippen molar-refractivity contribution in [2.24, 2.45) is 4.99 Å². The highest BCUT2D eigenvalue weighted by Gasteiger charge is 2.29.